The molecule has 1 saturated heterocycles. The summed E-state index contributed by atoms with van der Waals surface area (Å²) in [6.07, 6.45) is 1.85. The summed E-state index contributed by atoms with van der Waals surface area (Å²) < 4.78 is 25.9. The van der Waals surface area contributed by atoms with E-state index in [1.165, 1.54) is 0 Å². The molecule has 5 nitrogen and oxygen atoms in total. The van der Waals surface area contributed by atoms with Crippen molar-refractivity contribution in [1.82, 2.24) is 9.62 Å². The van der Waals surface area contributed by atoms with Crippen LogP contribution in [0.1, 0.15) is 24.4 Å². The van der Waals surface area contributed by atoms with E-state index < -0.39 is 16.1 Å². The van der Waals surface area contributed by atoms with Crippen LogP contribution in [0.5, 0.6) is 0 Å². The van der Waals surface area contributed by atoms with Crippen LogP contribution in [0.25, 0.3) is 0 Å². The lowest BCUT2D eigenvalue weighted by Crippen LogP contribution is -2.41. The molecule has 1 unspecified atom stereocenters. The van der Waals surface area contributed by atoms with Crippen molar-refractivity contribution in [3.05, 3.63) is 46.8 Å². The lowest BCUT2D eigenvalue weighted by molar-refractivity contribution is -0.132. The van der Waals surface area contributed by atoms with Crippen molar-refractivity contribution in [3.63, 3.8) is 0 Å². The molecule has 0 saturated carbocycles. The predicted molar refractivity (Wildman–Crippen MR) is 82.3 cm³/mol. The van der Waals surface area contributed by atoms with Gasteiger partial charge in [-0.2, -0.15) is 4.72 Å². The first-order chi connectivity index (χ1) is 9.94. The number of amides is 1. The van der Waals surface area contributed by atoms with Crippen LogP contribution < -0.4 is 4.72 Å². The molecule has 1 atom stereocenters. The highest BCUT2D eigenvalue weighted by molar-refractivity contribution is 7.92. The van der Waals surface area contributed by atoms with E-state index in [2.05, 4.69) is 11.3 Å². The molecule has 2 rings (SSSR count). The van der Waals surface area contributed by atoms with E-state index in [0.29, 0.717) is 23.7 Å². The van der Waals surface area contributed by atoms with Crippen molar-refractivity contribution in [1.29, 1.82) is 0 Å². The van der Waals surface area contributed by atoms with Gasteiger partial charge in [0.05, 0.1) is 0 Å². The maximum Gasteiger partial charge on any atom is 0.245 e. The number of hydrogen-bond donors (Lipinski definition) is 1. The van der Waals surface area contributed by atoms with Crippen molar-refractivity contribution in [2.24, 2.45) is 0 Å². The molecule has 0 bridgehead atoms. The van der Waals surface area contributed by atoms with Crippen molar-refractivity contribution in [2.45, 2.75) is 18.9 Å². The van der Waals surface area contributed by atoms with Gasteiger partial charge in [0.15, 0.2) is 0 Å². The largest absolute Gasteiger partial charge is 0.341 e. The number of likely N-dealkylation sites (tertiary alicyclic amines) is 1. The fourth-order valence-electron chi connectivity index (χ4n) is 2.29. The third-order valence-electron chi connectivity index (χ3n) is 3.38. The molecule has 0 aliphatic carbocycles. The number of carbonyl (C=O) groups is 1. The minimum Gasteiger partial charge on any atom is -0.341 e. The van der Waals surface area contributed by atoms with E-state index in [4.69, 9.17) is 11.6 Å². The maximum absolute atomic E-state index is 12.6. The first-order valence-corrected chi connectivity index (χ1v) is 8.55. The molecule has 7 heteroatoms. The minimum atomic E-state index is -3.75. The molecule has 21 heavy (non-hydrogen) atoms. The molecule has 1 amide bonds. The minimum absolute atomic E-state index is 0.286. The van der Waals surface area contributed by atoms with Gasteiger partial charge in [-0.1, -0.05) is 36.4 Å². The summed E-state index contributed by atoms with van der Waals surface area (Å²) in [7, 11) is -3.75. The van der Waals surface area contributed by atoms with Crippen LogP contribution in [0, 0.1) is 0 Å². The summed E-state index contributed by atoms with van der Waals surface area (Å²) in [6.45, 7) is 4.52. The standard InChI is InChI=1S/C14H17ClN2O3S/c1-2-21(19,20)16-13(11-7-3-4-8-12(11)15)14(18)17-9-5-6-10-17/h2-4,7-8,13,16H,1,5-6,9-10H2. The number of benzene rings is 1. The van der Waals surface area contributed by atoms with Crippen LogP contribution in [0.15, 0.2) is 36.3 Å². The molecule has 1 N–H and O–H groups in total. The summed E-state index contributed by atoms with van der Waals surface area (Å²) in [5, 5.41) is 1.13. The Kier molecular flexibility index (Phi) is 5.03. The molecular weight excluding hydrogens is 312 g/mol. The van der Waals surface area contributed by atoms with Crippen LogP contribution in [0.2, 0.25) is 5.02 Å². The third-order valence-corrected chi connectivity index (χ3v) is 4.73. The molecule has 0 spiro atoms. The fourth-order valence-corrected chi connectivity index (χ4v) is 3.19. The molecule has 1 aromatic carbocycles. The van der Waals surface area contributed by atoms with Crippen molar-refractivity contribution < 1.29 is 13.2 Å². The summed E-state index contributed by atoms with van der Waals surface area (Å²) in [5.74, 6) is -0.286. The zero-order valence-corrected chi connectivity index (χ0v) is 13.0. The van der Waals surface area contributed by atoms with Gasteiger partial charge in [0.25, 0.3) is 0 Å². The Balaban J connectivity index is 2.36. The van der Waals surface area contributed by atoms with Gasteiger partial charge in [-0.05, 0) is 24.5 Å². The normalized spacial score (nSPS) is 16.7. The number of rotatable bonds is 5. The molecular formula is C14H17ClN2O3S. The first-order valence-electron chi connectivity index (χ1n) is 6.62. The Labute approximate surface area is 129 Å². The summed E-state index contributed by atoms with van der Waals surface area (Å²) in [5.41, 5.74) is 0.446. The monoisotopic (exact) mass is 328 g/mol. The average molecular weight is 329 g/mol. The van der Waals surface area contributed by atoms with E-state index in [9.17, 15) is 13.2 Å². The Morgan fingerprint density at radius 2 is 1.95 bits per heavy atom. The predicted octanol–water partition coefficient (Wildman–Crippen LogP) is 2.07. The quantitative estimate of drug-likeness (QED) is 0.899. The zero-order valence-electron chi connectivity index (χ0n) is 11.5. The first kappa shape index (κ1) is 16.0. The van der Waals surface area contributed by atoms with E-state index in [1.54, 1.807) is 29.2 Å². The van der Waals surface area contributed by atoms with Gasteiger partial charge in [0, 0.05) is 23.5 Å². The van der Waals surface area contributed by atoms with Gasteiger partial charge in [-0.15, -0.1) is 0 Å². The molecule has 1 heterocycles. The van der Waals surface area contributed by atoms with E-state index in [1.807, 2.05) is 0 Å². The van der Waals surface area contributed by atoms with Gasteiger partial charge in [-0.25, -0.2) is 8.42 Å². The van der Waals surface area contributed by atoms with Crippen LogP contribution in [0.3, 0.4) is 0 Å². The fraction of sp³-hybridized carbons (Fsp3) is 0.357. The van der Waals surface area contributed by atoms with Crippen molar-refractivity contribution in [2.75, 3.05) is 13.1 Å². The van der Waals surface area contributed by atoms with Gasteiger partial charge in [-0.3, -0.25) is 4.79 Å². The number of nitrogens with zero attached hydrogens (tertiary/aromatic N) is 1. The highest BCUT2D eigenvalue weighted by Crippen LogP contribution is 2.26. The summed E-state index contributed by atoms with van der Waals surface area (Å²) >= 11 is 6.11. The lowest BCUT2D eigenvalue weighted by Gasteiger charge is -2.24. The second-order valence-electron chi connectivity index (χ2n) is 4.82. The smallest absolute Gasteiger partial charge is 0.245 e. The van der Waals surface area contributed by atoms with E-state index in [0.717, 1.165) is 18.2 Å². The van der Waals surface area contributed by atoms with Gasteiger partial charge in [0.1, 0.15) is 6.04 Å². The van der Waals surface area contributed by atoms with Crippen LogP contribution >= 0.6 is 11.6 Å². The summed E-state index contributed by atoms with van der Waals surface area (Å²) in [6, 6.07) is 5.69. The molecule has 1 fully saturated rings. The highest BCUT2D eigenvalue weighted by Gasteiger charge is 2.31. The third kappa shape index (κ3) is 3.84. The SMILES string of the molecule is C=CS(=O)(=O)NC(C(=O)N1CCCC1)c1ccccc1Cl. The second-order valence-corrected chi connectivity index (χ2v) is 6.88. The Hall–Kier alpha value is -1.37. The number of carbonyl (C=O) groups excluding carboxylic acids is 1. The van der Waals surface area contributed by atoms with Crippen molar-refractivity contribution >= 4 is 27.5 Å². The Bertz CT molecular complexity index is 639. The molecule has 0 aromatic heterocycles. The second kappa shape index (κ2) is 6.60. The molecule has 114 valence electrons. The Morgan fingerprint density at radius 3 is 2.52 bits per heavy atom. The van der Waals surface area contributed by atoms with E-state index in [-0.39, 0.29) is 5.91 Å². The van der Waals surface area contributed by atoms with Crippen LogP contribution in [-0.4, -0.2) is 32.3 Å². The van der Waals surface area contributed by atoms with Gasteiger partial charge < -0.3 is 4.90 Å². The Morgan fingerprint density at radius 1 is 1.33 bits per heavy atom. The number of nitrogens with one attached hydrogen (secondary N) is 1. The topological polar surface area (TPSA) is 66.5 Å². The zero-order chi connectivity index (χ0) is 15.5. The molecule has 1 aliphatic heterocycles. The molecule has 0 radical (unpaired) electrons. The number of sulfonamides is 1. The summed E-state index contributed by atoms with van der Waals surface area (Å²) in [4.78, 5) is 14.3. The highest BCUT2D eigenvalue weighted by atomic mass is 35.5. The number of hydrogen-bond acceptors (Lipinski definition) is 3. The van der Waals surface area contributed by atoms with Crippen LogP contribution in [-0.2, 0) is 14.8 Å². The van der Waals surface area contributed by atoms with E-state index >= 15 is 0 Å². The number of halogens is 1. The van der Waals surface area contributed by atoms with Crippen LogP contribution in [0.4, 0.5) is 0 Å². The molecule has 1 aliphatic rings. The molecule has 1 aromatic rings. The van der Waals surface area contributed by atoms with Gasteiger partial charge in [0.2, 0.25) is 15.9 Å². The lowest BCUT2D eigenvalue weighted by atomic mass is 10.1. The maximum atomic E-state index is 12.6. The average Bonchev–Trinajstić information content (AvgIpc) is 2.99. The van der Waals surface area contributed by atoms with Crippen molar-refractivity contribution in [3.8, 4) is 0 Å². The van der Waals surface area contributed by atoms with Gasteiger partial charge >= 0.3 is 0 Å².